The molecule has 4 aromatic carbocycles. The molecular weight excluding hydrogens is 520 g/mol. The molecule has 5 aromatic rings. The molecule has 210 valence electrons. The Morgan fingerprint density at radius 2 is 1.48 bits per heavy atom. The fraction of sp³-hybridized carbons (Fsp3) is 0.189. The SMILES string of the molecule is C#C[C@H](NC(=O)c1ccc2c(c1)c(C)c(C)n2Cc1ccc(-c2ccccc2)cc1)c1cccc(C(C)C)c1.O=C=O. The Kier molecular flexibility index (Phi) is 9.55. The molecule has 5 nitrogen and oxygen atoms in total. The van der Waals surface area contributed by atoms with Crippen molar-refractivity contribution in [2.45, 2.75) is 46.2 Å². The lowest BCUT2D eigenvalue weighted by Gasteiger charge is -2.16. The van der Waals surface area contributed by atoms with Gasteiger partial charge in [-0.3, -0.25) is 4.79 Å². The van der Waals surface area contributed by atoms with Gasteiger partial charge in [0.05, 0.1) is 0 Å². The number of benzene rings is 4. The lowest BCUT2D eigenvalue weighted by Crippen LogP contribution is -2.27. The second-order valence-electron chi connectivity index (χ2n) is 10.6. The Morgan fingerprint density at radius 3 is 2.12 bits per heavy atom. The number of carbonyl (C=O) groups excluding carboxylic acids is 3. The normalized spacial score (nSPS) is 11.2. The van der Waals surface area contributed by atoms with Crippen LogP contribution in [0.5, 0.6) is 0 Å². The molecule has 42 heavy (non-hydrogen) atoms. The van der Waals surface area contributed by atoms with Crippen molar-refractivity contribution in [3.63, 3.8) is 0 Å². The summed E-state index contributed by atoms with van der Waals surface area (Å²) in [6.45, 7) is 9.32. The smallest absolute Gasteiger partial charge is 0.340 e. The van der Waals surface area contributed by atoms with E-state index in [0.29, 0.717) is 11.5 Å². The average molecular weight is 555 g/mol. The van der Waals surface area contributed by atoms with E-state index in [9.17, 15) is 4.79 Å². The molecule has 1 aromatic heterocycles. The van der Waals surface area contributed by atoms with Gasteiger partial charge in [-0.15, -0.1) is 6.42 Å². The second-order valence-corrected chi connectivity index (χ2v) is 10.6. The van der Waals surface area contributed by atoms with E-state index in [1.165, 1.54) is 33.5 Å². The highest BCUT2D eigenvalue weighted by Gasteiger charge is 2.18. The minimum Gasteiger partial charge on any atom is -0.340 e. The lowest BCUT2D eigenvalue weighted by molar-refractivity contribution is -0.191. The van der Waals surface area contributed by atoms with Crippen LogP contribution in [0.15, 0.2) is 97.1 Å². The molecule has 0 bridgehead atoms. The number of hydrogen-bond donors (Lipinski definition) is 1. The van der Waals surface area contributed by atoms with E-state index in [1.807, 2.05) is 36.4 Å². The molecule has 0 aliphatic heterocycles. The lowest BCUT2D eigenvalue weighted by atomic mass is 9.97. The summed E-state index contributed by atoms with van der Waals surface area (Å²) < 4.78 is 2.32. The summed E-state index contributed by atoms with van der Waals surface area (Å²) in [6.07, 6.45) is 6.09. The first-order valence-electron chi connectivity index (χ1n) is 13.9. The minimum atomic E-state index is -0.488. The summed E-state index contributed by atoms with van der Waals surface area (Å²) in [7, 11) is 0. The molecule has 0 radical (unpaired) electrons. The number of nitrogens with zero attached hydrogens (tertiary/aromatic N) is 1. The Morgan fingerprint density at radius 1 is 0.833 bits per heavy atom. The minimum absolute atomic E-state index is 0.170. The van der Waals surface area contributed by atoms with Gasteiger partial charge < -0.3 is 9.88 Å². The molecule has 1 heterocycles. The molecule has 0 aliphatic carbocycles. The largest absolute Gasteiger partial charge is 0.373 e. The van der Waals surface area contributed by atoms with Crippen molar-refractivity contribution < 1.29 is 14.4 Å². The van der Waals surface area contributed by atoms with Crippen molar-refractivity contribution in [2.24, 2.45) is 0 Å². The first-order chi connectivity index (χ1) is 20.3. The zero-order chi connectivity index (χ0) is 30.2. The van der Waals surface area contributed by atoms with Crippen molar-refractivity contribution >= 4 is 23.0 Å². The molecule has 1 N–H and O–H groups in total. The maximum Gasteiger partial charge on any atom is 0.373 e. The van der Waals surface area contributed by atoms with Crippen LogP contribution >= 0.6 is 0 Å². The van der Waals surface area contributed by atoms with Gasteiger partial charge in [-0.25, -0.2) is 0 Å². The molecule has 1 amide bonds. The number of rotatable bonds is 7. The number of terminal acetylenes is 1. The van der Waals surface area contributed by atoms with Crippen LogP contribution in [0.2, 0.25) is 0 Å². The maximum atomic E-state index is 13.3. The van der Waals surface area contributed by atoms with E-state index < -0.39 is 6.04 Å². The molecule has 5 rings (SSSR count). The van der Waals surface area contributed by atoms with Crippen molar-refractivity contribution in [2.75, 3.05) is 0 Å². The molecule has 1 atom stereocenters. The predicted octanol–water partition coefficient (Wildman–Crippen LogP) is 7.62. The molecule has 0 unspecified atom stereocenters. The van der Waals surface area contributed by atoms with Gasteiger partial charge in [0, 0.05) is 28.7 Å². The highest BCUT2D eigenvalue weighted by atomic mass is 16.2. The fourth-order valence-corrected chi connectivity index (χ4v) is 5.14. The van der Waals surface area contributed by atoms with Crippen molar-refractivity contribution in [3.05, 3.63) is 131 Å². The Bertz CT molecular complexity index is 1770. The third-order valence-corrected chi connectivity index (χ3v) is 7.66. The van der Waals surface area contributed by atoms with Crippen LogP contribution in [-0.2, 0) is 16.1 Å². The average Bonchev–Trinajstić information content (AvgIpc) is 3.25. The van der Waals surface area contributed by atoms with Gasteiger partial charge in [0.1, 0.15) is 6.04 Å². The predicted molar refractivity (Wildman–Crippen MR) is 167 cm³/mol. The van der Waals surface area contributed by atoms with Gasteiger partial charge in [-0.1, -0.05) is 98.6 Å². The van der Waals surface area contributed by atoms with Crippen molar-refractivity contribution in [1.29, 1.82) is 0 Å². The van der Waals surface area contributed by atoms with Gasteiger partial charge in [-0.2, -0.15) is 9.59 Å². The first-order valence-corrected chi connectivity index (χ1v) is 13.9. The van der Waals surface area contributed by atoms with E-state index in [1.54, 1.807) is 0 Å². The molecule has 0 saturated carbocycles. The Balaban J connectivity index is 0.00000129. The van der Waals surface area contributed by atoms with E-state index >= 15 is 0 Å². The van der Waals surface area contributed by atoms with Crippen molar-refractivity contribution in [1.82, 2.24) is 9.88 Å². The number of amides is 1. The highest BCUT2D eigenvalue weighted by Crippen LogP contribution is 2.28. The van der Waals surface area contributed by atoms with Gasteiger partial charge in [0.2, 0.25) is 0 Å². The number of hydrogen-bond acceptors (Lipinski definition) is 3. The topological polar surface area (TPSA) is 68.2 Å². The number of carbonyl (C=O) groups is 1. The van der Waals surface area contributed by atoms with Crippen LogP contribution < -0.4 is 5.32 Å². The van der Waals surface area contributed by atoms with Crippen LogP contribution in [0.3, 0.4) is 0 Å². The quantitative estimate of drug-likeness (QED) is 0.211. The summed E-state index contributed by atoms with van der Waals surface area (Å²) in [5, 5.41) is 4.13. The number of aryl methyl sites for hydroxylation is 1. The summed E-state index contributed by atoms with van der Waals surface area (Å²) in [5.41, 5.74) is 9.88. The number of nitrogens with one attached hydrogen (secondary N) is 1. The Labute approximate surface area is 247 Å². The Hall–Kier alpha value is -5.17. The van der Waals surface area contributed by atoms with E-state index in [2.05, 4.69) is 104 Å². The van der Waals surface area contributed by atoms with E-state index in [4.69, 9.17) is 16.0 Å². The summed E-state index contributed by atoms with van der Waals surface area (Å²) in [5.74, 6) is 2.97. The van der Waals surface area contributed by atoms with Gasteiger partial charge >= 0.3 is 6.15 Å². The molecule has 0 fully saturated rings. The molecule has 0 spiro atoms. The van der Waals surface area contributed by atoms with Crippen LogP contribution in [0, 0.1) is 26.2 Å². The van der Waals surface area contributed by atoms with E-state index in [0.717, 1.165) is 23.0 Å². The van der Waals surface area contributed by atoms with Crippen LogP contribution in [-0.4, -0.2) is 16.6 Å². The fourth-order valence-electron chi connectivity index (χ4n) is 5.14. The first kappa shape index (κ1) is 29.8. The summed E-state index contributed by atoms with van der Waals surface area (Å²) in [4.78, 5) is 29.5. The van der Waals surface area contributed by atoms with Gasteiger partial charge in [-0.05, 0) is 71.3 Å². The second kappa shape index (κ2) is 13.5. The third kappa shape index (κ3) is 6.58. The van der Waals surface area contributed by atoms with Gasteiger partial charge in [0.15, 0.2) is 0 Å². The van der Waals surface area contributed by atoms with Crippen LogP contribution in [0.25, 0.3) is 22.0 Å². The maximum absolute atomic E-state index is 13.3. The standard InChI is InChI=1S/C36H34N2O.CO2/c1-6-34(31-14-10-13-30(21-31)24(2)3)37-36(39)32-19-20-35-33(22-32)25(4)26(5)38(35)23-27-15-17-29(18-16-27)28-11-8-7-9-12-28;2-1-3/h1,7-22,24,34H,23H2,2-5H3,(H,37,39);/t34-;/m0./s1. The summed E-state index contributed by atoms with van der Waals surface area (Å²) >= 11 is 0. The molecular formula is C37H34N2O3. The van der Waals surface area contributed by atoms with E-state index in [-0.39, 0.29) is 12.1 Å². The number of fused-ring (bicyclic) bond motifs is 1. The zero-order valence-electron chi connectivity index (χ0n) is 24.3. The van der Waals surface area contributed by atoms with Crippen molar-refractivity contribution in [3.8, 4) is 23.5 Å². The van der Waals surface area contributed by atoms with Crippen LogP contribution in [0.1, 0.15) is 64.1 Å². The third-order valence-electron chi connectivity index (χ3n) is 7.66. The molecule has 0 aliphatic rings. The highest BCUT2D eigenvalue weighted by molar-refractivity contribution is 5.99. The summed E-state index contributed by atoms with van der Waals surface area (Å²) in [6, 6.07) is 32.7. The van der Waals surface area contributed by atoms with Gasteiger partial charge in [0.25, 0.3) is 5.91 Å². The van der Waals surface area contributed by atoms with Crippen LogP contribution in [0.4, 0.5) is 0 Å². The number of aromatic nitrogens is 1. The molecule has 5 heteroatoms. The zero-order valence-corrected chi connectivity index (χ0v) is 24.3. The monoisotopic (exact) mass is 554 g/mol. The molecule has 0 saturated heterocycles.